The third kappa shape index (κ3) is 4.11. The first-order valence-electron chi connectivity index (χ1n) is 2.52. The Morgan fingerprint density at radius 2 is 2.50 bits per heavy atom. The molecule has 0 aromatic carbocycles. The van der Waals surface area contributed by atoms with Crippen molar-refractivity contribution in [3.05, 3.63) is 0 Å². The monoisotopic (exact) mass is 116 g/mol. The molecule has 8 heavy (non-hydrogen) atoms. The largest absolute Gasteiger partial charge is 0.427 e. The van der Waals surface area contributed by atoms with Gasteiger partial charge in [-0.2, -0.15) is 0 Å². The van der Waals surface area contributed by atoms with Crippen LogP contribution in [0.5, 0.6) is 0 Å². The van der Waals surface area contributed by atoms with Gasteiger partial charge in [0.15, 0.2) is 0 Å². The second-order valence-corrected chi connectivity index (χ2v) is 1.60. The molecule has 0 fully saturated rings. The minimum absolute atomic E-state index is 0.0787. The molecule has 0 unspecified atom stereocenters. The average molecular weight is 116 g/mol. The Kier molecular flexibility index (Phi) is 5.05. The SMILES string of the molecule is CO[B]N[C@H](C)CO. The molecule has 0 bridgehead atoms. The van der Waals surface area contributed by atoms with Crippen molar-refractivity contribution in [2.45, 2.75) is 13.0 Å². The molecule has 1 atom stereocenters. The molecule has 0 aromatic rings. The Morgan fingerprint density at radius 3 is 2.88 bits per heavy atom. The third-order valence-electron chi connectivity index (χ3n) is 0.744. The van der Waals surface area contributed by atoms with Crippen LogP contribution in [0.25, 0.3) is 0 Å². The first-order chi connectivity index (χ1) is 3.81. The molecule has 1 radical (unpaired) electrons. The van der Waals surface area contributed by atoms with Gasteiger partial charge in [-0.1, -0.05) is 0 Å². The van der Waals surface area contributed by atoms with E-state index in [0.29, 0.717) is 0 Å². The van der Waals surface area contributed by atoms with E-state index < -0.39 is 0 Å². The van der Waals surface area contributed by atoms with Gasteiger partial charge >= 0.3 is 7.62 Å². The molecular formula is C4H11BNO2. The van der Waals surface area contributed by atoms with Gasteiger partial charge in [-0.3, -0.25) is 0 Å². The van der Waals surface area contributed by atoms with E-state index in [0.717, 1.165) is 0 Å². The topological polar surface area (TPSA) is 41.5 Å². The first-order valence-corrected chi connectivity index (χ1v) is 2.52. The Bertz CT molecular complexity index is 53.3. The molecule has 0 heterocycles. The molecule has 0 aliphatic rings. The van der Waals surface area contributed by atoms with Gasteiger partial charge in [0.25, 0.3) is 0 Å². The molecule has 3 nitrogen and oxygen atoms in total. The average Bonchev–Trinajstić information content (AvgIpc) is 1.83. The third-order valence-corrected chi connectivity index (χ3v) is 0.744. The summed E-state index contributed by atoms with van der Waals surface area (Å²) in [4.78, 5) is 0. The number of aliphatic hydroxyl groups is 1. The van der Waals surface area contributed by atoms with Crippen molar-refractivity contribution in [3.8, 4) is 0 Å². The summed E-state index contributed by atoms with van der Waals surface area (Å²) >= 11 is 0. The molecule has 2 N–H and O–H groups in total. The maximum Gasteiger partial charge on any atom is 0.395 e. The van der Waals surface area contributed by atoms with Gasteiger partial charge in [-0.25, -0.2) is 0 Å². The van der Waals surface area contributed by atoms with E-state index in [9.17, 15) is 0 Å². The second-order valence-electron chi connectivity index (χ2n) is 1.60. The predicted octanol–water partition coefficient (Wildman–Crippen LogP) is -0.863. The summed E-state index contributed by atoms with van der Waals surface area (Å²) in [6.07, 6.45) is 0. The standard InChI is InChI=1S/C4H11BNO2/c1-4(3-7)6-5-8-2/h4,6-7H,3H2,1-2H3/t4-/m1/s1. The second kappa shape index (κ2) is 5.09. The number of nitrogens with one attached hydrogen (secondary N) is 1. The van der Waals surface area contributed by atoms with Crippen molar-refractivity contribution < 1.29 is 9.76 Å². The van der Waals surface area contributed by atoms with E-state index in [1.807, 2.05) is 6.92 Å². The van der Waals surface area contributed by atoms with Crippen LogP contribution in [-0.2, 0) is 4.65 Å². The quantitative estimate of drug-likeness (QED) is 0.469. The summed E-state index contributed by atoms with van der Waals surface area (Å²) in [7, 11) is 3.00. The van der Waals surface area contributed by atoms with Crippen molar-refractivity contribution >= 4 is 7.62 Å². The molecule has 0 amide bonds. The van der Waals surface area contributed by atoms with Gasteiger partial charge in [0.1, 0.15) is 0 Å². The van der Waals surface area contributed by atoms with E-state index in [4.69, 9.17) is 5.11 Å². The van der Waals surface area contributed by atoms with Crippen LogP contribution in [0.4, 0.5) is 0 Å². The highest BCUT2D eigenvalue weighted by Gasteiger charge is 1.96. The summed E-state index contributed by atoms with van der Waals surface area (Å²) < 4.78 is 4.57. The molecular weight excluding hydrogens is 105 g/mol. The summed E-state index contributed by atoms with van der Waals surface area (Å²) in [5.74, 6) is 0. The van der Waals surface area contributed by atoms with Crippen LogP contribution in [0.1, 0.15) is 6.92 Å². The van der Waals surface area contributed by atoms with Gasteiger partial charge in [0.2, 0.25) is 0 Å². The Hall–Kier alpha value is -0.0551. The van der Waals surface area contributed by atoms with Gasteiger partial charge in [-0.15, -0.1) is 0 Å². The summed E-state index contributed by atoms with van der Waals surface area (Å²) in [6.45, 7) is 1.98. The van der Waals surface area contributed by atoms with Crippen LogP contribution < -0.4 is 5.23 Å². The van der Waals surface area contributed by atoms with Crippen molar-refractivity contribution in [2.75, 3.05) is 13.7 Å². The Labute approximate surface area is 50.3 Å². The van der Waals surface area contributed by atoms with E-state index in [1.54, 1.807) is 7.11 Å². The lowest BCUT2D eigenvalue weighted by molar-refractivity contribution is 0.261. The molecule has 47 valence electrons. The van der Waals surface area contributed by atoms with Gasteiger partial charge in [0.05, 0.1) is 6.61 Å². The van der Waals surface area contributed by atoms with Crippen LogP contribution in [0.2, 0.25) is 0 Å². The Morgan fingerprint density at radius 1 is 1.88 bits per heavy atom. The fourth-order valence-corrected chi connectivity index (χ4v) is 0.237. The lowest BCUT2D eigenvalue weighted by Gasteiger charge is -2.05. The highest BCUT2D eigenvalue weighted by molar-refractivity contribution is 6.23. The van der Waals surface area contributed by atoms with Crippen LogP contribution in [-0.4, -0.2) is 32.5 Å². The van der Waals surface area contributed by atoms with E-state index in [-0.39, 0.29) is 12.6 Å². The number of hydrogen-bond donors (Lipinski definition) is 2. The fourth-order valence-electron chi connectivity index (χ4n) is 0.237. The van der Waals surface area contributed by atoms with Crippen molar-refractivity contribution in [2.24, 2.45) is 0 Å². The van der Waals surface area contributed by atoms with E-state index in [1.165, 1.54) is 7.62 Å². The normalized spacial score (nSPS) is 13.4. The minimum Gasteiger partial charge on any atom is -0.427 e. The zero-order valence-electron chi connectivity index (χ0n) is 5.22. The van der Waals surface area contributed by atoms with Crippen LogP contribution in [0.15, 0.2) is 0 Å². The maximum atomic E-state index is 8.42. The van der Waals surface area contributed by atoms with Crippen molar-refractivity contribution in [1.82, 2.24) is 5.23 Å². The summed E-state index contributed by atoms with van der Waals surface area (Å²) in [5.41, 5.74) is 0. The number of hydrogen-bond acceptors (Lipinski definition) is 3. The van der Waals surface area contributed by atoms with Gasteiger partial charge in [-0.05, 0) is 6.92 Å². The van der Waals surface area contributed by atoms with Gasteiger partial charge < -0.3 is 15.0 Å². The predicted molar refractivity (Wildman–Crippen MR) is 32.4 cm³/mol. The van der Waals surface area contributed by atoms with Gasteiger partial charge in [0, 0.05) is 13.2 Å². The molecule has 4 heteroatoms. The summed E-state index contributed by atoms with van der Waals surface area (Å²) in [6, 6.07) is 0.0787. The molecule has 0 rings (SSSR count). The van der Waals surface area contributed by atoms with Crippen LogP contribution in [0, 0.1) is 0 Å². The molecule has 0 aliphatic heterocycles. The Balaban J connectivity index is 2.86. The number of rotatable bonds is 4. The van der Waals surface area contributed by atoms with Crippen molar-refractivity contribution in [1.29, 1.82) is 0 Å². The van der Waals surface area contributed by atoms with E-state index in [2.05, 4.69) is 9.88 Å². The molecule has 0 saturated heterocycles. The highest BCUT2D eigenvalue weighted by Crippen LogP contribution is 1.73. The summed E-state index contributed by atoms with van der Waals surface area (Å²) in [5, 5.41) is 11.2. The number of aliphatic hydroxyl groups excluding tert-OH is 1. The molecule has 0 aliphatic carbocycles. The maximum absolute atomic E-state index is 8.42. The fraction of sp³-hybridized carbons (Fsp3) is 1.00. The van der Waals surface area contributed by atoms with E-state index >= 15 is 0 Å². The van der Waals surface area contributed by atoms with Crippen LogP contribution in [0.3, 0.4) is 0 Å². The minimum atomic E-state index is 0.0787. The smallest absolute Gasteiger partial charge is 0.395 e. The molecule has 0 aromatic heterocycles. The molecule has 0 spiro atoms. The zero-order valence-corrected chi connectivity index (χ0v) is 5.22. The van der Waals surface area contributed by atoms with Crippen molar-refractivity contribution in [3.63, 3.8) is 0 Å². The van der Waals surface area contributed by atoms with Crippen LogP contribution >= 0.6 is 0 Å². The lowest BCUT2D eigenvalue weighted by atomic mass is 10.2. The molecule has 0 saturated carbocycles. The lowest BCUT2D eigenvalue weighted by Crippen LogP contribution is -2.33. The highest BCUT2D eigenvalue weighted by atomic mass is 16.4. The first kappa shape index (κ1) is 7.94. The zero-order chi connectivity index (χ0) is 6.41.